The average Bonchev–Trinajstić information content (AvgIpc) is 2.98. The molecule has 0 radical (unpaired) electrons. The van der Waals surface area contributed by atoms with Gasteiger partial charge in [0, 0.05) is 6.54 Å². The Labute approximate surface area is 146 Å². The second-order valence-corrected chi connectivity index (χ2v) is 8.04. The van der Waals surface area contributed by atoms with Crippen molar-refractivity contribution in [2.45, 2.75) is 30.4 Å². The number of aliphatic hydroxyl groups excluding tert-OH is 1. The Balaban J connectivity index is 2.06. The van der Waals surface area contributed by atoms with Crippen LogP contribution < -0.4 is 4.74 Å². The first-order chi connectivity index (χ1) is 11.8. The van der Waals surface area contributed by atoms with Crippen LogP contribution in [-0.4, -0.2) is 37.6 Å². The Hall–Kier alpha value is -1.96. The summed E-state index contributed by atoms with van der Waals surface area (Å²) in [5, 5.41) is 10.1. The highest BCUT2D eigenvalue weighted by Crippen LogP contribution is 2.39. The zero-order chi connectivity index (χ0) is 18.2. The second kappa shape index (κ2) is 6.74. The van der Waals surface area contributed by atoms with Crippen LogP contribution in [0.2, 0.25) is 0 Å². The molecule has 1 aliphatic rings. The van der Waals surface area contributed by atoms with E-state index in [1.807, 2.05) is 0 Å². The fraction of sp³-hybridized carbons (Fsp3) is 0.333. The van der Waals surface area contributed by atoms with E-state index in [-0.39, 0.29) is 23.6 Å². The van der Waals surface area contributed by atoms with Crippen LogP contribution in [0.5, 0.6) is 5.75 Å². The van der Waals surface area contributed by atoms with E-state index in [1.165, 1.54) is 23.5 Å². The van der Waals surface area contributed by atoms with Gasteiger partial charge in [-0.15, -0.1) is 0 Å². The lowest BCUT2D eigenvalue weighted by atomic mass is 10.0. The molecule has 7 heteroatoms. The summed E-state index contributed by atoms with van der Waals surface area (Å²) >= 11 is 0. The molecule has 0 aromatic heterocycles. The summed E-state index contributed by atoms with van der Waals surface area (Å²) in [6.07, 6.45) is -0.514. The summed E-state index contributed by atoms with van der Waals surface area (Å²) < 4.78 is 46.1. The summed E-state index contributed by atoms with van der Waals surface area (Å²) in [5.41, 5.74) is 1.44. The topological polar surface area (TPSA) is 66.8 Å². The molecule has 3 rings (SSSR count). The van der Waals surface area contributed by atoms with Crippen molar-refractivity contribution >= 4 is 10.0 Å². The van der Waals surface area contributed by atoms with E-state index in [1.54, 1.807) is 37.3 Å². The van der Waals surface area contributed by atoms with Crippen molar-refractivity contribution in [1.82, 2.24) is 4.31 Å². The number of benzene rings is 2. The lowest BCUT2D eigenvalue weighted by Crippen LogP contribution is -2.32. The molecule has 2 aromatic rings. The monoisotopic (exact) mass is 365 g/mol. The molecule has 134 valence electrons. The van der Waals surface area contributed by atoms with E-state index in [9.17, 15) is 17.9 Å². The summed E-state index contributed by atoms with van der Waals surface area (Å²) in [7, 11) is -2.47. The van der Waals surface area contributed by atoms with Gasteiger partial charge in [0.1, 0.15) is 16.5 Å². The fourth-order valence-corrected chi connectivity index (χ4v) is 5.05. The Bertz CT molecular complexity index is 867. The Morgan fingerprint density at radius 3 is 2.52 bits per heavy atom. The predicted molar refractivity (Wildman–Crippen MR) is 91.4 cm³/mol. The largest absolute Gasteiger partial charge is 0.495 e. The van der Waals surface area contributed by atoms with Crippen molar-refractivity contribution in [2.24, 2.45) is 0 Å². The van der Waals surface area contributed by atoms with E-state index < -0.39 is 28.0 Å². The number of rotatable bonds is 4. The number of aliphatic hydroxyl groups is 1. The Morgan fingerprint density at radius 1 is 1.20 bits per heavy atom. The lowest BCUT2D eigenvalue weighted by molar-refractivity contribution is 0.188. The van der Waals surface area contributed by atoms with Gasteiger partial charge in [0.25, 0.3) is 0 Å². The third-order valence-corrected chi connectivity index (χ3v) is 6.29. The maximum Gasteiger partial charge on any atom is 0.247 e. The van der Waals surface area contributed by atoms with Gasteiger partial charge in [0.2, 0.25) is 10.0 Å². The third kappa shape index (κ3) is 3.40. The van der Waals surface area contributed by atoms with Gasteiger partial charge in [0.15, 0.2) is 0 Å². The molecular formula is C18H20FNO4S. The fourth-order valence-electron chi connectivity index (χ4n) is 3.15. The van der Waals surface area contributed by atoms with Crippen molar-refractivity contribution in [3.05, 3.63) is 59.4 Å². The van der Waals surface area contributed by atoms with E-state index in [2.05, 4.69) is 0 Å². The minimum absolute atomic E-state index is 0.0124. The van der Waals surface area contributed by atoms with Crippen LogP contribution in [0, 0.1) is 12.7 Å². The average molecular weight is 365 g/mol. The highest BCUT2D eigenvalue weighted by atomic mass is 32.2. The van der Waals surface area contributed by atoms with Gasteiger partial charge in [-0.2, -0.15) is 4.31 Å². The van der Waals surface area contributed by atoms with Gasteiger partial charge < -0.3 is 9.84 Å². The van der Waals surface area contributed by atoms with Crippen molar-refractivity contribution in [3.63, 3.8) is 0 Å². The predicted octanol–water partition coefficient (Wildman–Crippen LogP) is 2.64. The number of nitrogens with zero attached hydrogens (tertiary/aromatic N) is 1. The molecule has 1 aliphatic heterocycles. The molecular weight excluding hydrogens is 345 g/mol. The van der Waals surface area contributed by atoms with Crippen molar-refractivity contribution in [3.8, 4) is 5.75 Å². The first kappa shape index (κ1) is 17.8. The molecule has 5 nitrogen and oxygen atoms in total. The van der Waals surface area contributed by atoms with Crippen molar-refractivity contribution in [1.29, 1.82) is 0 Å². The number of ether oxygens (including phenoxy) is 1. The molecule has 0 spiro atoms. The van der Waals surface area contributed by atoms with Gasteiger partial charge in [-0.3, -0.25) is 0 Å². The van der Waals surface area contributed by atoms with Crippen LogP contribution in [0.15, 0.2) is 47.4 Å². The van der Waals surface area contributed by atoms with E-state index in [0.717, 1.165) is 5.56 Å². The smallest absolute Gasteiger partial charge is 0.247 e. The summed E-state index contributed by atoms with van der Waals surface area (Å²) in [5.74, 6) is -0.137. The quantitative estimate of drug-likeness (QED) is 0.905. The zero-order valence-electron chi connectivity index (χ0n) is 14.0. The number of hydrogen-bond donors (Lipinski definition) is 1. The SMILES string of the molecule is COc1ccc(C)cc1S(=O)(=O)N1CC(O)CC1c1ccc(F)cc1. The minimum Gasteiger partial charge on any atom is -0.495 e. The third-order valence-electron chi connectivity index (χ3n) is 4.39. The van der Waals surface area contributed by atoms with Gasteiger partial charge in [-0.1, -0.05) is 18.2 Å². The molecule has 0 bridgehead atoms. The van der Waals surface area contributed by atoms with E-state index in [4.69, 9.17) is 4.74 Å². The standard InChI is InChI=1S/C18H20FNO4S/c1-12-3-8-17(24-2)18(9-12)25(22,23)20-11-15(21)10-16(20)13-4-6-14(19)7-5-13/h3-9,15-16,21H,10-11H2,1-2H3. The molecule has 25 heavy (non-hydrogen) atoms. The lowest BCUT2D eigenvalue weighted by Gasteiger charge is -2.25. The Kier molecular flexibility index (Phi) is 4.81. The van der Waals surface area contributed by atoms with Gasteiger partial charge in [0.05, 0.1) is 19.3 Å². The van der Waals surface area contributed by atoms with Crippen LogP contribution in [0.25, 0.3) is 0 Å². The molecule has 2 aromatic carbocycles. The number of β-amino-alcohol motifs (C(OH)–C–C–N with tert-alkyl or cyclic N) is 1. The van der Waals surface area contributed by atoms with Crippen LogP contribution in [0.3, 0.4) is 0 Å². The minimum atomic E-state index is -3.89. The molecule has 0 saturated carbocycles. The molecule has 2 atom stereocenters. The molecule has 0 aliphatic carbocycles. The van der Waals surface area contributed by atoms with Crippen LogP contribution in [0.1, 0.15) is 23.6 Å². The van der Waals surface area contributed by atoms with E-state index in [0.29, 0.717) is 5.56 Å². The number of methoxy groups -OCH3 is 1. The maximum absolute atomic E-state index is 13.2. The number of hydrogen-bond acceptors (Lipinski definition) is 4. The highest BCUT2D eigenvalue weighted by molar-refractivity contribution is 7.89. The van der Waals surface area contributed by atoms with Gasteiger partial charge >= 0.3 is 0 Å². The van der Waals surface area contributed by atoms with Gasteiger partial charge in [-0.25, -0.2) is 12.8 Å². The Morgan fingerprint density at radius 2 is 1.88 bits per heavy atom. The molecule has 1 saturated heterocycles. The number of sulfonamides is 1. The highest BCUT2D eigenvalue weighted by Gasteiger charge is 2.41. The first-order valence-corrected chi connectivity index (χ1v) is 9.37. The maximum atomic E-state index is 13.2. The number of aryl methyl sites for hydroxylation is 1. The molecule has 1 fully saturated rings. The van der Waals surface area contributed by atoms with Crippen LogP contribution in [0.4, 0.5) is 4.39 Å². The number of halogens is 1. The molecule has 1 heterocycles. The summed E-state index contributed by atoms with van der Waals surface area (Å²) in [4.78, 5) is 0.0659. The van der Waals surface area contributed by atoms with Crippen LogP contribution in [-0.2, 0) is 10.0 Å². The van der Waals surface area contributed by atoms with Gasteiger partial charge in [-0.05, 0) is 48.7 Å². The molecule has 0 amide bonds. The first-order valence-electron chi connectivity index (χ1n) is 7.93. The second-order valence-electron chi connectivity index (χ2n) is 6.19. The normalized spacial score (nSPS) is 21.4. The van der Waals surface area contributed by atoms with Crippen molar-refractivity contribution in [2.75, 3.05) is 13.7 Å². The van der Waals surface area contributed by atoms with E-state index >= 15 is 0 Å². The van der Waals surface area contributed by atoms with Crippen molar-refractivity contribution < 1.29 is 22.7 Å². The molecule has 1 N–H and O–H groups in total. The summed E-state index contributed by atoms with van der Waals surface area (Å²) in [6.45, 7) is 1.79. The molecule has 2 unspecified atom stereocenters. The van der Waals surface area contributed by atoms with Crippen LogP contribution >= 0.6 is 0 Å². The summed E-state index contributed by atoms with van der Waals surface area (Å²) in [6, 6.07) is 10.1. The zero-order valence-corrected chi connectivity index (χ0v) is 14.8.